The molecule has 1 saturated heterocycles. The van der Waals surface area contributed by atoms with Crippen LogP contribution in [0.1, 0.15) is 33.1 Å². The predicted octanol–water partition coefficient (Wildman–Crippen LogP) is 4.47. The van der Waals surface area contributed by atoms with Crippen molar-refractivity contribution in [2.45, 2.75) is 33.1 Å². The molecule has 122 valence electrons. The van der Waals surface area contributed by atoms with Gasteiger partial charge in [-0.15, -0.1) is 0 Å². The summed E-state index contributed by atoms with van der Waals surface area (Å²) in [5, 5.41) is 1.32. The summed E-state index contributed by atoms with van der Waals surface area (Å²) in [4.78, 5) is 16.4. The molecule has 0 N–H and O–H groups in total. The number of amides is 1. The molecule has 5 heteroatoms. The van der Waals surface area contributed by atoms with Gasteiger partial charge in [0.05, 0.1) is 10.7 Å². The highest BCUT2D eigenvalue weighted by Gasteiger charge is 2.22. The molecule has 1 fully saturated rings. The maximum Gasteiger partial charge on any atom is 0.222 e. The lowest BCUT2D eigenvalue weighted by Gasteiger charge is -2.36. The first-order valence-corrected chi connectivity index (χ1v) is 8.74. The van der Waals surface area contributed by atoms with Gasteiger partial charge in [-0.1, -0.05) is 43.5 Å². The molecule has 1 aromatic carbocycles. The van der Waals surface area contributed by atoms with Gasteiger partial charge in [-0.05, 0) is 30.5 Å². The van der Waals surface area contributed by atoms with E-state index in [-0.39, 0.29) is 5.91 Å². The summed E-state index contributed by atoms with van der Waals surface area (Å²) >= 11 is 12.2. The van der Waals surface area contributed by atoms with Crippen LogP contribution in [0.15, 0.2) is 18.2 Å². The first kappa shape index (κ1) is 17.4. The number of rotatable bonds is 5. The molecular formula is C17H24Cl2N2O. The Kier molecular flexibility index (Phi) is 6.39. The van der Waals surface area contributed by atoms with Crippen molar-refractivity contribution in [2.75, 3.05) is 31.1 Å². The largest absolute Gasteiger partial charge is 0.367 e. The molecule has 0 radical (unpaired) electrons. The summed E-state index contributed by atoms with van der Waals surface area (Å²) < 4.78 is 0. The lowest BCUT2D eigenvalue weighted by molar-refractivity contribution is -0.131. The first-order chi connectivity index (χ1) is 10.5. The van der Waals surface area contributed by atoms with Gasteiger partial charge < -0.3 is 9.80 Å². The highest BCUT2D eigenvalue weighted by Crippen LogP contribution is 2.29. The van der Waals surface area contributed by atoms with Crippen LogP contribution < -0.4 is 4.90 Å². The van der Waals surface area contributed by atoms with E-state index in [1.165, 1.54) is 0 Å². The molecule has 0 saturated carbocycles. The molecule has 1 unspecified atom stereocenters. The third-order valence-electron chi connectivity index (χ3n) is 4.43. The van der Waals surface area contributed by atoms with E-state index < -0.39 is 0 Å². The van der Waals surface area contributed by atoms with Gasteiger partial charge in [0.15, 0.2) is 0 Å². The highest BCUT2D eigenvalue weighted by molar-refractivity contribution is 6.36. The van der Waals surface area contributed by atoms with Crippen molar-refractivity contribution in [3.05, 3.63) is 28.2 Å². The molecule has 0 aliphatic carbocycles. The van der Waals surface area contributed by atoms with Gasteiger partial charge in [0.25, 0.3) is 0 Å². The highest BCUT2D eigenvalue weighted by atomic mass is 35.5. The van der Waals surface area contributed by atoms with Crippen molar-refractivity contribution < 1.29 is 4.79 Å². The van der Waals surface area contributed by atoms with Crippen molar-refractivity contribution >= 4 is 34.8 Å². The number of anilines is 1. The van der Waals surface area contributed by atoms with Crippen LogP contribution in [0.3, 0.4) is 0 Å². The average Bonchev–Trinajstić information content (AvgIpc) is 2.52. The van der Waals surface area contributed by atoms with Gasteiger partial charge in [0.1, 0.15) is 0 Å². The molecule has 0 aromatic heterocycles. The maximum atomic E-state index is 12.2. The van der Waals surface area contributed by atoms with Crippen molar-refractivity contribution in [3.63, 3.8) is 0 Å². The number of halogens is 2. The second-order valence-corrected chi connectivity index (χ2v) is 6.86. The van der Waals surface area contributed by atoms with Gasteiger partial charge >= 0.3 is 0 Å². The topological polar surface area (TPSA) is 23.6 Å². The van der Waals surface area contributed by atoms with Gasteiger partial charge in [-0.2, -0.15) is 0 Å². The second-order valence-electron chi connectivity index (χ2n) is 6.02. The van der Waals surface area contributed by atoms with E-state index in [2.05, 4.69) is 18.7 Å². The Morgan fingerprint density at radius 3 is 2.50 bits per heavy atom. The lowest BCUT2D eigenvalue weighted by atomic mass is 10.0. The normalized spacial score (nSPS) is 16.7. The Morgan fingerprint density at radius 1 is 1.23 bits per heavy atom. The quantitative estimate of drug-likeness (QED) is 0.788. The Labute approximate surface area is 143 Å². The standard InChI is InChI=1S/C17H24Cl2N2O/c1-3-13(2)4-7-17(22)21-10-8-20(9-11-21)16-6-5-14(18)12-15(16)19/h5-6,12-13H,3-4,7-11H2,1-2H3. The fourth-order valence-electron chi connectivity index (χ4n) is 2.67. The van der Waals surface area contributed by atoms with E-state index >= 15 is 0 Å². The fraction of sp³-hybridized carbons (Fsp3) is 0.588. The fourth-order valence-corrected chi connectivity index (χ4v) is 3.19. The summed E-state index contributed by atoms with van der Waals surface area (Å²) in [6.45, 7) is 7.53. The predicted molar refractivity (Wildman–Crippen MR) is 93.9 cm³/mol. The Morgan fingerprint density at radius 2 is 1.91 bits per heavy atom. The molecule has 1 aromatic rings. The van der Waals surface area contributed by atoms with Crippen LogP contribution in [0, 0.1) is 5.92 Å². The van der Waals surface area contributed by atoms with E-state index in [4.69, 9.17) is 23.2 Å². The SMILES string of the molecule is CCC(C)CCC(=O)N1CCN(c2ccc(Cl)cc2Cl)CC1. The van der Waals surface area contributed by atoms with Crippen molar-refractivity contribution in [3.8, 4) is 0 Å². The van der Waals surface area contributed by atoms with Crippen LogP contribution in [0.5, 0.6) is 0 Å². The molecule has 0 bridgehead atoms. The van der Waals surface area contributed by atoms with Crippen molar-refractivity contribution in [1.82, 2.24) is 4.90 Å². The molecule has 1 amide bonds. The monoisotopic (exact) mass is 342 g/mol. The van der Waals surface area contributed by atoms with Crippen LogP contribution in [0.25, 0.3) is 0 Å². The zero-order valence-electron chi connectivity index (χ0n) is 13.3. The zero-order valence-corrected chi connectivity index (χ0v) is 14.8. The second kappa shape index (κ2) is 8.07. The average molecular weight is 343 g/mol. The molecular weight excluding hydrogens is 319 g/mol. The third-order valence-corrected chi connectivity index (χ3v) is 4.97. The summed E-state index contributed by atoms with van der Waals surface area (Å²) in [7, 11) is 0. The number of carbonyl (C=O) groups excluding carboxylic acids is 1. The van der Waals surface area contributed by atoms with Gasteiger partial charge in [-0.25, -0.2) is 0 Å². The molecule has 1 atom stereocenters. The minimum atomic E-state index is 0.280. The van der Waals surface area contributed by atoms with E-state index in [9.17, 15) is 4.79 Å². The zero-order chi connectivity index (χ0) is 16.1. The van der Waals surface area contributed by atoms with Crippen molar-refractivity contribution in [2.24, 2.45) is 5.92 Å². The number of hydrogen-bond donors (Lipinski definition) is 0. The van der Waals surface area contributed by atoms with Crippen LogP contribution in [0.2, 0.25) is 10.0 Å². The molecule has 0 spiro atoms. The molecule has 2 rings (SSSR count). The number of benzene rings is 1. The van der Waals surface area contributed by atoms with Gasteiger partial charge in [-0.3, -0.25) is 4.79 Å². The first-order valence-electron chi connectivity index (χ1n) is 7.99. The lowest BCUT2D eigenvalue weighted by Crippen LogP contribution is -2.48. The maximum absolute atomic E-state index is 12.2. The van der Waals surface area contributed by atoms with E-state index in [1.807, 2.05) is 17.0 Å². The molecule has 1 heterocycles. The molecule has 22 heavy (non-hydrogen) atoms. The Hall–Kier alpha value is -0.930. The molecule has 1 aliphatic rings. The Balaban J connectivity index is 1.86. The van der Waals surface area contributed by atoms with Crippen LogP contribution >= 0.6 is 23.2 Å². The summed E-state index contributed by atoms with van der Waals surface area (Å²) in [6, 6.07) is 5.57. The smallest absolute Gasteiger partial charge is 0.222 e. The summed E-state index contributed by atoms with van der Waals surface area (Å²) in [5.41, 5.74) is 0.998. The third kappa shape index (κ3) is 4.53. The van der Waals surface area contributed by atoms with Gasteiger partial charge in [0.2, 0.25) is 5.91 Å². The minimum Gasteiger partial charge on any atom is -0.367 e. The van der Waals surface area contributed by atoms with Crippen LogP contribution in [-0.2, 0) is 4.79 Å². The number of piperazine rings is 1. The van der Waals surface area contributed by atoms with Gasteiger partial charge in [0, 0.05) is 37.6 Å². The van der Waals surface area contributed by atoms with E-state index in [0.29, 0.717) is 22.4 Å². The van der Waals surface area contributed by atoms with Crippen LogP contribution in [-0.4, -0.2) is 37.0 Å². The van der Waals surface area contributed by atoms with Crippen LogP contribution in [0.4, 0.5) is 5.69 Å². The summed E-state index contributed by atoms with van der Waals surface area (Å²) in [6.07, 6.45) is 2.78. The molecule has 3 nitrogen and oxygen atoms in total. The number of nitrogens with zero attached hydrogens (tertiary/aromatic N) is 2. The Bertz CT molecular complexity index is 513. The summed E-state index contributed by atoms with van der Waals surface area (Å²) in [5.74, 6) is 0.903. The van der Waals surface area contributed by atoms with E-state index in [1.54, 1.807) is 6.07 Å². The minimum absolute atomic E-state index is 0.280. The number of hydrogen-bond acceptors (Lipinski definition) is 2. The number of carbonyl (C=O) groups is 1. The van der Waals surface area contributed by atoms with Crippen molar-refractivity contribution in [1.29, 1.82) is 0 Å². The molecule has 1 aliphatic heterocycles. The van der Waals surface area contributed by atoms with E-state index in [0.717, 1.165) is 44.7 Å².